The zero-order valence-corrected chi connectivity index (χ0v) is 17.8. The van der Waals surface area contributed by atoms with E-state index in [4.69, 9.17) is 0 Å². The van der Waals surface area contributed by atoms with E-state index in [0.717, 1.165) is 29.8 Å². The van der Waals surface area contributed by atoms with E-state index in [0.29, 0.717) is 23.0 Å². The third-order valence-corrected chi connectivity index (χ3v) is 6.85. The zero-order chi connectivity index (χ0) is 21.5. The summed E-state index contributed by atoms with van der Waals surface area (Å²) in [6.45, 7) is 3.50. The van der Waals surface area contributed by atoms with Crippen LogP contribution in [0.4, 0.5) is 5.69 Å². The van der Waals surface area contributed by atoms with Crippen LogP contribution in [0, 0.1) is 13.8 Å². The highest BCUT2D eigenvalue weighted by molar-refractivity contribution is 7.89. The lowest BCUT2D eigenvalue weighted by molar-refractivity contribution is 0.102. The van der Waals surface area contributed by atoms with Gasteiger partial charge in [-0.2, -0.15) is 5.10 Å². The number of aryl methyl sites for hydroxylation is 1. The first-order valence-electron chi connectivity index (χ1n) is 9.67. The molecule has 1 aliphatic rings. The molecule has 1 amide bonds. The normalized spacial score (nSPS) is 14.0. The van der Waals surface area contributed by atoms with Gasteiger partial charge < -0.3 is 5.32 Å². The van der Waals surface area contributed by atoms with Gasteiger partial charge in [-0.05, 0) is 81.3 Å². The lowest BCUT2D eigenvalue weighted by atomic mass is 10.1. The number of rotatable bonds is 6. The van der Waals surface area contributed by atoms with Gasteiger partial charge in [0.05, 0.1) is 4.90 Å². The molecule has 30 heavy (non-hydrogen) atoms. The first-order valence-corrected chi connectivity index (χ1v) is 11.2. The lowest BCUT2D eigenvalue weighted by Crippen LogP contribution is -2.21. The molecule has 3 aromatic rings. The molecule has 1 saturated carbocycles. The minimum absolute atomic E-state index is 0.0987. The molecule has 0 saturated heterocycles. The van der Waals surface area contributed by atoms with Crippen LogP contribution in [-0.4, -0.2) is 36.6 Å². The molecule has 0 bridgehead atoms. The Morgan fingerprint density at radius 3 is 2.47 bits per heavy atom. The highest BCUT2D eigenvalue weighted by atomic mass is 32.2. The predicted molar refractivity (Wildman–Crippen MR) is 114 cm³/mol. The second-order valence-electron chi connectivity index (χ2n) is 7.47. The molecule has 0 aliphatic heterocycles. The Labute approximate surface area is 175 Å². The minimum Gasteiger partial charge on any atom is -0.322 e. The molecule has 8 nitrogen and oxygen atoms in total. The maximum absolute atomic E-state index is 12.7. The summed E-state index contributed by atoms with van der Waals surface area (Å²) in [6, 6.07) is 10.3. The summed E-state index contributed by atoms with van der Waals surface area (Å²) in [7, 11) is -2.32. The zero-order valence-electron chi connectivity index (χ0n) is 17.0. The summed E-state index contributed by atoms with van der Waals surface area (Å²) in [4.78, 5) is 17.4. The fraction of sp³-hybridized carbons (Fsp3) is 0.286. The summed E-state index contributed by atoms with van der Waals surface area (Å²) in [5, 5.41) is 10.1. The second-order valence-corrected chi connectivity index (χ2v) is 9.33. The summed E-state index contributed by atoms with van der Waals surface area (Å²) in [6.07, 6.45) is 2.30. The molecule has 1 aliphatic carbocycles. The molecule has 3 N–H and O–H groups in total. The lowest BCUT2D eigenvalue weighted by Gasteiger charge is -2.12. The van der Waals surface area contributed by atoms with E-state index >= 15 is 0 Å². The molecular formula is C21H23N5O3S. The number of amides is 1. The molecule has 1 aromatic heterocycles. The van der Waals surface area contributed by atoms with Crippen LogP contribution in [0.15, 0.2) is 41.3 Å². The molecule has 1 heterocycles. The van der Waals surface area contributed by atoms with Crippen molar-refractivity contribution in [3.8, 4) is 11.4 Å². The van der Waals surface area contributed by atoms with E-state index in [2.05, 4.69) is 25.2 Å². The number of anilines is 1. The third-order valence-electron chi connectivity index (χ3n) is 5.31. The fourth-order valence-electron chi connectivity index (χ4n) is 3.20. The van der Waals surface area contributed by atoms with Gasteiger partial charge in [0.2, 0.25) is 10.0 Å². The second kappa shape index (κ2) is 7.66. The molecule has 156 valence electrons. The van der Waals surface area contributed by atoms with Crippen molar-refractivity contribution in [2.24, 2.45) is 0 Å². The summed E-state index contributed by atoms with van der Waals surface area (Å²) in [5.74, 6) is 1.67. The maximum atomic E-state index is 12.7. The highest BCUT2D eigenvalue weighted by Crippen LogP contribution is 2.38. The van der Waals surface area contributed by atoms with Crippen LogP contribution < -0.4 is 10.0 Å². The first kappa shape index (κ1) is 20.2. The van der Waals surface area contributed by atoms with Crippen molar-refractivity contribution in [3.63, 3.8) is 0 Å². The molecule has 9 heteroatoms. The molecule has 1 fully saturated rings. The van der Waals surface area contributed by atoms with Crippen LogP contribution in [0.1, 0.15) is 46.1 Å². The maximum Gasteiger partial charge on any atom is 0.255 e. The molecule has 0 spiro atoms. The van der Waals surface area contributed by atoms with Crippen LogP contribution in [0.3, 0.4) is 0 Å². The number of aromatic nitrogens is 3. The number of nitrogens with one attached hydrogen (secondary N) is 3. The van der Waals surface area contributed by atoms with Gasteiger partial charge in [-0.25, -0.2) is 18.1 Å². The number of hydrogen-bond donors (Lipinski definition) is 3. The Morgan fingerprint density at radius 2 is 1.83 bits per heavy atom. The van der Waals surface area contributed by atoms with E-state index in [1.54, 1.807) is 32.0 Å². The SMILES string of the molecule is CNS(=O)(=O)c1cc(C(=O)Nc2ccc(-c3n[nH]c(C4CC4)n3)cc2)cc(C)c1C. The van der Waals surface area contributed by atoms with E-state index in [9.17, 15) is 13.2 Å². The number of aromatic amines is 1. The Morgan fingerprint density at radius 1 is 1.13 bits per heavy atom. The quantitative estimate of drug-likeness (QED) is 0.561. The first-order chi connectivity index (χ1) is 14.3. The standard InChI is InChI=1S/C21H23N5O3S/c1-12-10-16(11-18(13(12)2)30(28,29)22-3)21(27)23-17-8-6-15(7-9-17)20-24-19(25-26-20)14-4-5-14/h6-11,14,22H,4-5H2,1-3H3,(H,23,27)(H,24,25,26). The van der Waals surface area contributed by atoms with Crippen LogP contribution in [0.2, 0.25) is 0 Å². The highest BCUT2D eigenvalue weighted by Gasteiger charge is 2.27. The molecular weight excluding hydrogens is 402 g/mol. The largest absolute Gasteiger partial charge is 0.322 e. The number of hydrogen-bond acceptors (Lipinski definition) is 5. The number of benzene rings is 2. The number of sulfonamides is 1. The van der Waals surface area contributed by atoms with E-state index in [1.807, 2.05) is 12.1 Å². The fourth-order valence-corrected chi connectivity index (χ4v) is 4.26. The Balaban J connectivity index is 1.53. The van der Waals surface area contributed by atoms with Crippen molar-refractivity contribution < 1.29 is 13.2 Å². The van der Waals surface area contributed by atoms with Gasteiger partial charge in [-0.15, -0.1) is 0 Å². The van der Waals surface area contributed by atoms with Gasteiger partial charge >= 0.3 is 0 Å². The van der Waals surface area contributed by atoms with Crippen molar-refractivity contribution in [2.75, 3.05) is 12.4 Å². The van der Waals surface area contributed by atoms with Gasteiger partial charge in [0, 0.05) is 22.7 Å². The number of H-pyrrole nitrogens is 1. The molecule has 0 atom stereocenters. The van der Waals surface area contributed by atoms with Crippen LogP contribution in [0.5, 0.6) is 0 Å². The molecule has 4 rings (SSSR count). The van der Waals surface area contributed by atoms with Crippen molar-refractivity contribution in [1.29, 1.82) is 0 Å². The van der Waals surface area contributed by atoms with Gasteiger partial charge in [-0.1, -0.05) is 0 Å². The number of carbonyl (C=O) groups is 1. The van der Waals surface area contributed by atoms with Crippen LogP contribution in [0.25, 0.3) is 11.4 Å². The number of carbonyl (C=O) groups excluding carboxylic acids is 1. The van der Waals surface area contributed by atoms with E-state index in [1.165, 1.54) is 13.1 Å². The smallest absolute Gasteiger partial charge is 0.255 e. The van der Waals surface area contributed by atoms with Crippen molar-refractivity contribution in [1.82, 2.24) is 19.9 Å². The Hall–Kier alpha value is -3.04. The van der Waals surface area contributed by atoms with E-state index in [-0.39, 0.29) is 16.4 Å². The summed E-state index contributed by atoms with van der Waals surface area (Å²) in [5.41, 5.74) is 3.06. The van der Waals surface area contributed by atoms with Crippen LogP contribution >= 0.6 is 0 Å². The predicted octanol–water partition coefficient (Wildman–Crippen LogP) is 3.13. The summed E-state index contributed by atoms with van der Waals surface area (Å²) >= 11 is 0. The van der Waals surface area contributed by atoms with Gasteiger partial charge in [0.25, 0.3) is 5.91 Å². The number of nitrogens with zero attached hydrogens (tertiary/aromatic N) is 2. The third kappa shape index (κ3) is 3.99. The average molecular weight is 426 g/mol. The van der Waals surface area contributed by atoms with Gasteiger partial charge in [-0.3, -0.25) is 9.89 Å². The van der Waals surface area contributed by atoms with Crippen molar-refractivity contribution in [3.05, 3.63) is 58.9 Å². The molecule has 0 radical (unpaired) electrons. The monoisotopic (exact) mass is 425 g/mol. The molecule has 2 aromatic carbocycles. The van der Waals surface area contributed by atoms with Gasteiger partial charge in [0.1, 0.15) is 5.82 Å². The summed E-state index contributed by atoms with van der Waals surface area (Å²) < 4.78 is 26.8. The topological polar surface area (TPSA) is 117 Å². The Kier molecular flexibility index (Phi) is 5.17. The Bertz CT molecular complexity index is 1210. The average Bonchev–Trinajstić information content (AvgIpc) is 3.47. The van der Waals surface area contributed by atoms with Crippen molar-refractivity contribution >= 4 is 21.6 Å². The van der Waals surface area contributed by atoms with Crippen LogP contribution in [-0.2, 0) is 10.0 Å². The van der Waals surface area contributed by atoms with Crippen molar-refractivity contribution in [2.45, 2.75) is 37.5 Å². The minimum atomic E-state index is -3.66. The molecule has 0 unspecified atom stereocenters. The van der Waals surface area contributed by atoms with Gasteiger partial charge in [0.15, 0.2) is 5.82 Å². The van der Waals surface area contributed by atoms with E-state index < -0.39 is 10.0 Å².